The van der Waals surface area contributed by atoms with Gasteiger partial charge in [-0.1, -0.05) is 97.1 Å². The fourth-order valence-electron chi connectivity index (χ4n) is 6.87. The number of para-hydroxylation sites is 1. The third-order valence-corrected chi connectivity index (χ3v) is 9.88. The zero-order valence-electron chi connectivity index (χ0n) is 23.1. The molecule has 1 aliphatic carbocycles. The van der Waals surface area contributed by atoms with Gasteiger partial charge in [0.1, 0.15) is 17.2 Å². The summed E-state index contributed by atoms with van der Waals surface area (Å²) in [4.78, 5) is 2.27. The number of benzene rings is 5. The molecular weight excluding hydrogens is 545 g/mol. The lowest BCUT2D eigenvalue weighted by Gasteiger charge is -2.39. The third-order valence-electron chi connectivity index (χ3n) is 8.72. The van der Waals surface area contributed by atoms with Gasteiger partial charge >= 0.3 is 0 Å². The molecule has 7 aromatic rings. The molecule has 43 heavy (non-hydrogen) atoms. The van der Waals surface area contributed by atoms with Gasteiger partial charge in [0, 0.05) is 21.6 Å². The number of nitrogens with zero attached hydrogens (tertiary/aromatic N) is 2. The minimum absolute atomic E-state index is 0.466. The van der Waals surface area contributed by atoms with E-state index in [1.807, 2.05) is 24.3 Å². The Hall–Kier alpha value is -5.32. The van der Waals surface area contributed by atoms with Gasteiger partial charge in [-0.05, 0) is 76.3 Å². The second kappa shape index (κ2) is 9.35. The smallest absolute Gasteiger partial charge is 0.132 e. The standard InChI is InChI=1S/C39H24N2OS/c1-2-10-25(11-3-1)33-19-20-34(41-40-33)38-23-22-37(43-38)26-18-21-36-32(24-26)39(31-16-8-9-17-35(31)42-36)29-14-6-4-12-27(29)28-13-5-7-15-30(28)39/h1-24H. The van der Waals surface area contributed by atoms with Crippen molar-refractivity contribution >= 4 is 11.3 Å². The van der Waals surface area contributed by atoms with Crippen molar-refractivity contribution < 1.29 is 4.74 Å². The monoisotopic (exact) mass is 568 g/mol. The molecule has 4 heteroatoms. The van der Waals surface area contributed by atoms with Crippen LogP contribution in [0.1, 0.15) is 22.3 Å². The highest BCUT2D eigenvalue weighted by molar-refractivity contribution is 7.18. The molecule has 0 unspecified atom stereocenters. The molecule has 2 aliphatic rings. The molecule has 0 atom stereocenters. The van der Waals surface area contributed by atoms with Crippen molar-refractivity contribution in [3.63, 3.8) is 0 Å². The minimum atomic E-state index is -0.466. The fraction of sp³-hybridized carbons (Fsp3) is 0.0256. The third kappa shape index (κ3) is 3.54. The van der Waals surface area contributed by atoms with Crippen molar-refractivity contribution in [2.75, 3.05) is 0 Å². The average molecular weight is 569 g/mol. The van der Waals surface area contributed by atoms with E-state index in [2.05, 4.69) is 132 Å². The van der Waals surface area contributed by atoms with Crippen LogP contribution in [0.15, 0.2) is 146 Å². The number of rotatable bonds is 3. The van der Waals surface area contributed by atoms with E-state index in [-0.39, 0.29) is 0 Å². The van der Waals surface area contributed by atoms with Gasteiger partial charge in [-0.3, -0.25) is 0 Å². The highest BCUT2D eigenvalue weighted by atomic mass is 32.1. The van der Waals surface area contributed by atoms with Gasteiger partial charge < -0.3 is 4.74 Å². The van der Waals surface area contributed by atoms with Crippen LogP contribution in [-0.4, -0.2) is 10.2 Å². The first-order valence-corrected chi connectivity index (χ1v) is 15.2. The molecule has 2 aromatic heterocycles. The molecule has 3 heterocycles. The van der Waals surface area contributed by atoms with Crippen LogP contribution in [0.4, 0.5) is 0 Å². The molecular formula is C39H24N2OS. The molecule has 0 radical (unpaired) electrons. The van der Waals surface area contributed by atoms with Gasteiger partial charge in [0.2, 0.25) is 0 Å². The van der Waals surface area contributed by atoms with E-state index in [9.17, 15) is 0 Å². The summed E-state index contributed by atoms with van der Waals surface area (Å²) in [5, 5.41) is 9.09. The van der Waals surface area contributed by atoms with Crippen molar-refractivity contribution in [2.24, 2.45) is 0 Å². The number of fused-ring (bicyclic) bond motifs is 9. The van der Waals surface area contributed by atoms with Crippen molar-refractivity contribution in [3.8, 4) is 54.9 Å². The Morgan fingerprint density at radius 2 is 1.05 bits per heavy atom. The maximum atomic E-state index is 6.59. The van der Waals surface area contributed by atoms with Crippen LogP contribution < -0.4 is 4.74 Å². The van der Waals surface area contributed by atoms with Gasteiger partial charge in [-0.2, -0.15) is 0 Å². The highest BCUT2D eigenvalue weighted by Gasteiger charge is 2.50. The topological polar surface area (TPSA) is 35.0 Å². The molecule has 1 aliphatic heterocycles. The second-order valence-electron chi connectivity index (χ2n) is 11.0. The molecule has 0 saturated carbocycles. The number of aromatic nitrogens is 2. The van der Waals surface area contributed by atoms with Crippen molar-refractivity contribution in [1.29, 1.82) is 0 Å². The number of hydrogen-bond donors (Lipinski definition) is 0. The van der Waals surface area contributed by atoms with Gasteiger partial charge in [-0.15, -0.1) is 21.5 Å². The first-order valence-electron chi connectivity index (χ1n) is 14.4. The van der Waals surface area contributed by atoms with Crippen LogP contribution in [0, 0.1) is 0 Å². The van der Waals surface area contributed by atoms with Crippen LogP contribution in [0.2, 0.25) is 0 Å². The Balaban J connectivity index is 1.19. The van der Waals surface area contributed by atoms with Crippen LogP contribution in [0.5, 0.6) is 11.5 Å². The molecule has 0 fully saturated rings. The summed E-state index contributed by atoms with van der Waals surface area (Å²) in [7, 11) is 0. The Kier molecular flexibility index (Phi) is 5.28. The quantitative estimate of drug-likeness (QED) is 0.213. The first-order chi connectivity index (χ1) is 21.3. The van der Waals surface area contributed by atoms with E-state index < -0.39 is 5.41 Å². The first kappa shape index (κ1) is 24.3. The van der Waals surface area contributed by atoms with E-state index in [0.29, 0.717) is 0 Å². The summed E-state index contributed by atoms with van der Waals surface area (Å²) in [5.41, 5.74) is 11.0. The SMILES string of the molecule is c1ccc(-c2ccc(-c3ccc(-c4ccc5c(c4)C4(c6ccccc6O5)c5ccccc5-c5ccccc54)s3)nn2)cc1. The predicted octanol–water partition coefficient (Wildman–Crippen LogP) is 10.0. The molecule has 1 spiro atoms. The summed E-state index contributed by atoms with van der Waals surface area (Å²) in [5.74, 6) is 1.80. The van der Waals surface area contributed by atoms with Crippen molar-refractivity contribution in [2.45, 2.75) is 5.41 Å². The van der Waals surface area contributed by atoms with Crippen LogP contribution in [0.3, 0.4) is 0 Å². The van der Waals surface area contributed by atoms with Crippen LogP contribution in [0.25, 0.3) is 43.4 Å². The summed E-state index contributed by atoms with van der Waals surface area (Å²) in [6.07, 6.45) is 0. The maximum Gasteiger partial charge on any atom is 0.132 e. The van der Waals surface area contributed by atoms with E-state index >= 15 is 0 Å². The molecule has 0 amide bonds. The van der Waals surface area contributed by atoms with Gasteiger partial charge in [0.05, 0.1) is 16.0 Å². The molecule has 202 valence electrons. The Bertz CT molecular complexity index is 2120. The van der Waals surface area contributed by atoms with Gasteiger partial charge in [0.25, 0.3) is 0 Å². The number of hydrogen-bond acceptors (Lipinski definition) is 4. The number of thiophene rings is 1. The lowest BCUT2D eigenvalue weighted by molar-refractivity contribution is 0.436. The van der Waals surface area contributed by atoms with E-state index in [1.54, 1.807) is 11.3 Å². The average Bonchev–Trinajstić information content (AvgIpc) is 3.68. The second-order valence-corrected chi connectivity index (χ2v) is 12.1. The summed E-state index contributed by atoms with van der Waals surface area (Å²) >= 11 is 1.74. The minimum Gasteiger partial charge on any atom is -0.457 e. The summed E-state index contributed by atoms with van der Waals surface area (Å²) in [6, 6.07) is 51.4. The predicted molar refractivity (Wildman–Crippen MR) is 174 cm³/mol. The van der Waals surface area contributed by atoms with Crippen LogP contribution in [-0.2, 0) is 5.41 Å². The Labute approximate surface area is 253 Å². The fourth-order valence-corrected chi connectivity index (χ4v) is 7.83. The zero-order valence-corrected chi connectivity index (χ0v) is 23.9. The molecule has 0 saturated heterocycles. The lowest BCUT2D eigenvalue weighted by Crippen LogP contribution is -2.32. The largest absolute Gasteiger partial charge is 0.457 e. The normalized spacial score (nSPS) is 13.5. The molecule has 3 nitrogen and oxygen atoms in total. The zero-order chi connectivity index (χ0) is 28.4. The molecule has 5 aromatic carbocycles. The number of ether oxygens (including phenoxy) is 1. The van der Waals surface area contributed by atoms with Crippen molar-refractivity contribution in [1.82, 2.24) is 10.2 Å². The summed E-state index contributed by atoms with van der Waals surface area (Å²) < 4.78 is 6.59. The highest BCUT2D eigenvalue weighted by Crippen LogP contribution is 2.62. The maximum absolute atomic E-state index is 6.59. The van der Waals surface area contributed by atoms with Gasteiger partial charge in [-0.25, -0.2) is 0 Å². The van der Waals surface area contributed by atoms with Crippen LogP contribution >= 0.6 is 11.3 Å². The molecule has 0 bridgehead atoms. The molecule has 0 N–H and O–H groups in total. The van der Waals surface area contributed by atoms with E-state index in [0.717, 1.165) is 38.9 Å². The van der Waals surface area contributed by atoms with E-state index in [1.165, 1.54) is 38.3 Å². The lowest BCUT2D eigenvalue weighted by atomic mass is 9.66. The van der Waals surface area contributed by atoms with Crippen molar-refractivity contribution in [3.05, 3.63) is 168 Å². The molecule has 9 rings (SSSR count). The van der Waals surface area contributed by atoms with Gasteiger partial charge in [0.15, 0.2) is 0 Å². The summed E-state index contributed by atoms with van der Waals surface area (Å²) in [6.45, 7) is 0. The Morgan fingerprint density at radius 1 is 0.442 bits per heavy atom. The Morgan fingerprint density at radius 3 is 1.79 bits per heavy atom. The van der Waals surface area contributed by atoms with E-state index in [4.69, 9.17) is 4.74 Å².